The van der Waals surface area contributed by atoms with Gasteiger partial charge in [0.05, 0.1) is 12.3 Å². The summed E-state index contributed by atoms with van der Waals surface area (Å²) in [5, 5.41) is 12.2. The highest BCUT2D eigenvalue weighted by atomic mass is 16.3. The lowest BCUT2D eigenvalue weighted by atomic mass is 9.93. The van der Waals surface area contributed by atoms with E-state index in [1.165, 1.54) is 0 Å². The number of furan rings is 1. The van der Waals surface area contributed by atoms with Crippen molar-refractivity contribution in [3.63, 3.8) is 0 Å². The zero-order chi connectivity index (χ0) is 18.0. The van der Waals surface area contributed by atoms with E-state index in [0.717, 1.165) is 36.1 Å². The highest BCUT2D eigenvalue weighted by Gasteiger charge is 2.24. The number of nitriles is 1. The SMILES string of the molecule is Cc1[nH]c(=O)c(C#N)c(C)c1CCC(=O)N[C@H]1CCCc2occc21. The van der Waals surface area contributed by atoms with Crippen LogP contribution in [-0.4, -0.2) is 10.9 Å². The van der Waals surface area contributed by atoms with E-state index < -0.39 is 0 Å². The van der Waals surface area contributed by atoms with Crippen molar-refractivity contribution in [2.45, 2.75) is 52.0 Å². The molecule has 0 saturated carbocycles. The molecule has 2 aromatic rings. The van der Waals surface area contributed by atoms with Gasteiger partial charge in [0.15, 0.2) is 0 Å². The van der Waals surface area contributed by atoms with E-state index in [1.54, 1.807) is 20.1 Å². The number of H-pyrrole nitrogens is 1. The Labute approximate surface area is 145 Å². The Hall–Kier alpha value is -2.81. The van der Waals surface area contributed by atoms with Gasteiger partial charge >= 0.3 is 0 Å². The number of amides is 1. The number of aryl methyl sites for hydroxylation is 2. The lowest BCUT2D eigenvalue weighted by Gasteiger charge is -2.23. The van der Waals surface area contributed by atoms with E-state index in [4.69, 9.17) is 9.68 Å². The van der Waals surface area contributed by atoms with Crippen LogP contribution in [-0.2, 0) is 17.6 Å². The maximum absolute atomic E-state index is 12.4. The number of hydrogen-bond acceptors (Lipinski definition) is 4. The molecule has 0 aliphatic heterocycles. The van der Waals surface area contributed by atoms with Gasteiger partial charge < -0.3 is 14.7 Å². The summed E-state index contributed by atoms with van der Waals surface area (Å²) in [6.45, 7) is 3.55. The van der Waals surface area contributed by atoms with Crippen LogP contribution < -0.4 is 10.9 Å². The molecule has 0 saturated heterocycles. The molecule has 130 valence electrons. The number of pyridine rings is 1. The second-order valence-electron chi connectivity index (χ2n) is 6.48. The topological polar surface area (TPSA) is 98.9 Å². The first kappa shape index (κ1) is 17.0. The molecular weight excluding hydrogens is 318 g/mol. The van der Waals surface area contributed by atoms with Gasteiger partial charge in [-0.2, -0.15) is 5.26 Å². The summed E-state index contributed by atoms with van der Waals surface area (Å²) in [7, 11) is 0. The largest absolute Gasteiger partial charge is 0.469 e. The molecule has 6 heteroatoms. The molecule has 0 unspecified atom stereocenters. The Bertz CT molecular complexity index is 902. The quantitative estimate of drug-likeness (QED) is 0.894. The molecule has 1 atom stereocenters. The molecule has 0 radical (unpaired) electrons. The number of nitrogens with zero attached hydrogens (tertiary/aromatic N) is 1. The summed E-state index contributed by atoms with van der Waals surface area (Å²) in [6.07, 6.45) is 5.29. The van der Waals surface area contributed by atoms with Crippen molar-refractivity contribution in [3.05, 3.63) is 56.4 Å². The van der Waals surface area contributed by atoms with Gasteiger partial charge in [-0.3, -0.25) is 9.59 Å². The number of hydrogen-bond donors (Lipinski definition) is 2. The van der Waals surface area contributed by atoms with Crippen LogP contribution in [0.1, 0.15) is 59.0 Å². The van der Waals surface area contributed by atoms with Crippen molar-refractivity contribution < 1.29 is 9.21 Å². The van der Waals surface area contributed by atoms with E-state index in [-0.39, 0.29) is 23.1 Å². The minimum absolute atomic E-state index is 0.00226. The standard InChI is InChI=1S/C19H21N3O3/c1-11-13(12(2)21-19(24)15(11)10-20)6-7-18(23)22-16-4-3-5-17-14(16)8-9-25-17/h8-9,16H,3-7H2,1-2H3,(H,21,24)(H,22,23)/t16-/m0/s1. The van der Waals surface area contributed by atoms with Crippen LogP contribution in [0.4, 0.5) is 0 Å². The van der Waals surface area contributed by atoms with Crippen LogP contribution in [0.3, 0.4) is 0 Å². The van der Waals surface area contributed by atoms with Crippen LogP contribution in [0.15, 0.2) is 21.5 Å². The number of carbonyl (C=O) groups excluding carboxylic acids is 1. The Kier molecular flexibility index (Phi) is 4.75. The number of fused-ring (bicyclic) bond motifs is 1. The van der Waals surface area contributed by atoms with Gasteiger partial charge in [-0.15, -0.1) is 0 Å². The third kappa shape index (κ3) is 3.36. The van der Waals surface area contributed by atoms with Crippen molar-refractivity contribution >= 4 is 5.91 Å². The molecule has 1 aliphatic carbocycles. The number of rotatable bonds is 4. The first-order valence-electron chi connectivity index (χ1n) is 8.49. The van der Waals surface area contributed by atoms with Gasteiger partial charge in [-0.05, 0) is 50.3 Å². The fourth-order valence-corrected chi connectivity index (χ4v) is 3.56. The van der Waals surface area contributed by atoms with Crippen molar-refractivity contribution in [1.29, 1.82) is 5.26 Å². The zero-order valence-electron chi connectivity index (χ0n) is 14.4. The van der Waals surface area contributed by atoms with E-state index in [9.17, 15) is 9.59 Å². The summed E-state index contributed by atoms with van der Waals surface area (Å²) in [5.41, 5.74) is 3.05. The second-order valence-corrected chi connectivity index (χ2v) is 6.48. The van der Waals surface area contributed by atoms with Gasteiger partial charge in [0.1, 0.15) is 17.4 Å². The van der Waals surface area contributed by atoms with Crippen LogP contribution in [0.2, 0.25) is 0 Å². The normalized spacial score (nSPS) is 16.1. The molecule has 0 spiro atoms. The molecule has 3 rings (SSSR count). The Morgan fingerprint density at radius 1 is 1.48 bits per heavy atom. The van der Waals surface area contributed by atoms with Crippen LogP contribution >= 0.6 is 0 Å². The van der Waals surface area contributed by atoms with Crippen molar-refractivity contribution in [1.82, 2.24) is 10.3 Å². The summed E-state index contributed by atoms with van der Waals surface area (Å²) in [5.74, 6) is 0.921. The van der Waals surface area contributed by atoms with E-state index in [0.29, 0.717) is 24.1 Å². The summed E-state index contributed by atoms with van der Waals surface area (Å²) < 4.78 is 5.45. The molecule has 0 aromatic carbocycles. The molecule has 2 aromatic heterocycles. The number of aromatic nitrogens is 1. The molecule has 2 heterocycles. The van der Waals surface area contributed by atoms with Gasteiger partial charge in [-0.25, -0.2) is 0 Å². The fraction of sp³-hybridized carbons (Fsp3) is 0.421. The van der Waals surface area contributed by atoms with Gasteiger partial charge in [0.25, 0.3) is 5.56 Å². The maximum atomic E-state index is 12.4. The molecule has 25 heavy (non-hydrogen) atoms. The van der Waals surface area contributed by atoms with Crippen molar-refractivity contribution in [2.75, 3.05) is 0 Å². The van der Waals surface area contributed by atoms with Gasteiger partial charge in [0, 0.05) is 24.1 Å². The molecule has 1 amide bonds. The third-order valence-corrected chi connectivity index (χ3v) is 4.91. The summed E-state index contributed by atoms with van der Waals surface area (Å²) in [4.78, 5) is 26.8. The Balaban J connectivity index is 1.68. The first-order valence-corrected chi connectivity index (χ1v) is 8.49. The smallest absolute Gasteiger partial charge is 0.266 e. The monoisotopic (exact) mass is 339 g/mol. The van der Waals surface area contributed by atoms with Crippen LogP contribution in [0.25, 0.3) is 0 Å². The average molecular weight is 339 g/mol. The second kappa shape index (κ2) is 6.98. The first-order chi connectivity index (χ1) is 12.0. The Morgan fingerprint density at radius 2 is 2.28 bits per heavy atom. The number of carbonyl (C=O) groups is 1. The molecule has 2 N–H and O–H groups in total. The lowest BCUT2D eigenvalue weighted by molar-refractivity contribution is -0.121. The molecule has 1 aliphatic rings. The van der Waals surface area contributed by atoms with E-state index in [2.05, 4.69) is 10.3 Å². The van der Waals surface area contributed by atoms with Gasteiger partial charge in [-0.1, -0.05) is 0 Å². The fourth-order valence-electron chi connectivity index (χ4n) is 3.56. The van der Waals surface area contributed by atoms with E-state index >= 15 is 0 Å². The molecular formula is C19H21N3O3. The Morgan fingerprint density at radius 3 is 3.04 bits per heavy atom. The maximum Gasteiger partial charge on any atom is 0.266 e. The third-order valence-electron chi connectivity index (χ3n) is 4.91. The predicted octanol–water partition coefficient (Wildman–Crippen LogP) is 2.58. The molecule has 0 bridgehead atoms. The van der Waals surface area contributed by atoms with Gasteiger partial charge in [0.2, 0.25) is 5.91 Å². The molecule has 0 fully saturated rings. The summed E-state index contributed by atoms with van der Waals surface area (Å²) in [6, 6.07) is 3.87. The number of aromatic amines is 1. The van der Waals surface area contributed by atoms with Crippen LogP contribution in [0, 0.1) is 25.2 Å². The van der Waals surface area contributed by atoms with Crippen LogP contribution in [0.5, 0.6) is 0 Å². The summed E-state index contributed by atoms with van der Waals surface area (Å²) >= 11 is 0. The van der Waals surface area contributed by atoms with Crippen molar-refractivity contribution in [2.24, 2.45) is 0 Å². The highest BCUT2D eigenvalue weighted by Crippen LogP contribution is 2.30. The average Bonchev–Trinajstić information content (AvgIpc) is 3.04. The van der Waals surface area contributed by atoms with E-state index in [1.807, 2.05) is 12.1 Å². The minimum atomic E-state index is -0.375. The lowest BCUT2D eigenvalue weighted by Crippen LogP contribution is -2.30. The highest BCUT2D eigenvalue weighted by molar-refractivity contribution is 5.77. The number of nitrogens with one attached hydrogen (secondary N) is 2. The zero-order valence-corrected chi connectivity index (χ0v) is 14.4. The minimum Gasteiger partial charge on any atom is -0.469 e. The predicted molar refractivity (Wildman–Crippen MR) is 92.1 cm³/mol. The molecule has 6 nitrogen and oxygen atoms in total. The van der Waals surface area contributed by atoms with Crippen molar-refractivity contribution in [3.8, 4) is 6.07 Å².